The molecule has 92 valence electrons. The Hall–Kier alpha value is -2.69. The van der Waals surface area contributed by atoms with Crippen molar-refractivity contribution in [2.24, 2.45) is 0 Å². The highest BCUT2D eigenvalue weighted by molar-refractivity contribution is 5.68. The third kappa shape index (κ3) is 2.70. The number of hydrogen-bond acceptors (Lipinski definition) is 5. The fourth-order valence-corrected chi connectivity index (χ4v) is 1.40. The Morgan fingerprint density at radius 3 is 2.22 bits per heavy atom. The molecule has 0 spiro atoms. The standard InChI is InChI=1S/C13H10O5/c14-9-3-8(4-10(15)5-9)1-2-11-6-12(16)13(17)7-18-11/h1-7,14-15,17H/b2-1+. The molecule has 3 N–H and O–H groups in total. The molecule has 2 aromatic rings. The van der Waals surface area contributed by atoms with E-state index in [-0.39, 0.29) is 17.3 Å². The van der Waals surface area contributed by atoms with Crippen molar-refractivity contribution in [1.29, 1.82) is 0 Å². The molecule has 0 saturated heterocycles. The van der Waals surface area contributed by atoms with Crippen LogP contribution in [0.2, 0.25) is 0 Å². The molecule has 0 aliphatic carbocycles. The molecule has 0 amide bonds. The van der Waals surface area contributed by atoms with Crippen molar-refractivity contribution < 1.29 is 19.7 Å². The lowest BCUT2D eigenvalue weighted by Crippen LogP contribution is -1.97. The van der Waals surface area contributed by atoms with E-state index >= 15 is 0 Å². The Morgan fingerprint density at radius 1 is 0.944 bits per heavy atom. The fourth-order valence-electron chi connectivity index (χ4n) is 1.40. The van der Waals surface area contributed by atoms with Crippen molar-refractivity contribution in [2.75, 3.05) is 0 Å². The van der Waals surface area contributed by atoms with Crippen molar-refractivity contribution in [2.45, 2.75) is 0 Å². The molecule has 0 fully saturated rings. The summed E-state index contributed by atoms with van der Waals surface area (Å²) in [7, 11) is 0. The highest BCUT2D eigenvalue weighted by Crippen LogP contribution is 2.21. The molecule has 1 heterocycles. The minimum absolute atomic E-state index is 0.0678. The molecule has 0 aliphatic heterocycles. The first-order valence-corrected chi connectivity index (χ1v) is 5.07. The highest BCUT2D eigenvalue weighted by atomic mass is 16.3. The van der Waals surface area contributed by atoms with Gasteiger partial charge in [-0.15, -0.1) is 0 Å². The zero-order valence-electron chi connectivity index (χ0n) is 9.20. The molecule has 0 aliphatic rings. The van der Waals surface area contributed by atoms with Crippen LogP contribution in [0.1, 0.15) is 11.3 Å². The second-order valence-electron chi connectivity index (χ2n) is 3.65. The lowest BCUT2D eigenvalue weighted by molar-refractivity contribution is 0.427. The van der Waals surface area contributed by atoms with Gasteiger partial charge in [0.15, 0.2) is 5.75 Å². The molecule has 1 aromatic carbocycles. The molecule has 5 heteroatoms. The first kappa shape index (κ1) is 11.8. The molecule has 0 bridgehead atoms. The predicted octanol–water partition coefficient (Wildman–Crippen LogP) is 1.93. The van der Waals surface area contributed by atoms with E-state index in [1.807, 2.05) is 0 Å². The Bertz CT molecular complexity index is 634. The Balaban J connectivity index is 2.29. The highest BCUT2D eigenvalue weighted by Gasteiger charge is 1.99. The molecule has 18 heavy (non-hydrogen) atoms. The van der Waals surface area contributed by atoms with Gasteiger partial charge in [-0.2, -0.15) is 0 Å². The van der Waals surface area contributed by atoms with E-state index in [9.17, 15) is 15.0 Å². The maximum atomic E-state index is 11.1. The molecule has 0 unspecified atom stereocenters. The van der Waals surface area contributed by atoms with Crippen LogP contribution in [0.3, 0.4) is 0 Å². The molecule has 1 aromatic heterocycles. The number of benzene rings is 1. The van der Waals surface area contributed by atoms with Crippen LogP contribution in [0.5, 0.6) is 17.2 Å². The van der Waals surface area contributed by atoms with Crippen LogP contribution in [0.4, 0.5) is 0 Å². The van der Waals surface area contributed by atoms with E-state index in [4.69, 9.17) is 9.52 Å². The summed E-state index contributed by atoms with van der Waals surface area (Å²) in [5.41, 5.74) is 0.00267. The molecule has 0 saturated carbocycles. The number of phenolic OH excluding ortho intramolecular Hbond substituents is 2. The number of phenols is 2. The van der Waals surface area contributed by atoms with E-state index in [1.165, 1.54) is 24.3 Å². The van der Waals surface area contributed by atoms with E-state index in [1.54, 1.807) is 6.08 Å². The lowest BCUT2D eigenvalue weighted by atomic mass is 10.2. The third-order valence-electron chi connectivity index (χ3n) is 2.20. The first-order chi connectivity index (χ1) is 8.54. The van der Waals surface area contributed by atoms with Gasteiger partial charge in [0, 0.05) is 12.1 Å². The Labute approximate surface area is 102 Å². The normalized spacial score (nSPS) is 10.9. The van der Waals surface area contributed by atoms with Crippen LogP contribution in [0, 0.1) is 0 Å². The minimum Gasteiger partial charge on any atom is -0.508 e. The smallest absolute Gasteiger partial charge is 0.227 e. The SMILES string of the molecule is O=c1cc(/C=C/c2cc(O)cc(O)c2)occ1O. The van der Waals surface area contributed by atoms with Gasteiger partial charge in [0.2, 0.25) is 5.43 Å². The van der Waals surface area contributed by atoms with Crippen molar-refractivity contribution >= 4 is 12.2 Å². The van der Waals surface area contributed by atoms with Gasteiger partial charge >= 0.3 is 0 Å². The number of rotatable bonds is 2. The van der Waals surface area contributed by atoms with Gasteiger partial charge < -0.3 is 19.7 Å². The van der Waals surface area contributed by atoms with E-state index in [0.29, 0.717) is 5.56 Å². The van der Waals surface area contributed by atoms with Gasteiger partial charge in [0.05, 0.1) is 0 Å². The van der Waals surface area contributed by atoms with Crippen LogP contribution in [0.15, 0.2) is 39.7 Å². The van der Waals surface area contributed by atoms with E-state index in [0.717, 1.165) is 12.3 Å². The van der Waals surface area contributed by atoms with Crippen LogP contribution in [0.25, 0.3) is 12.2 Å². The van der Waals surface area contributed by atoms with E-state index < -0.39 is 11.2 Å². The molecule has 5 nitrogen and oxygen atoms in total. The Kier molecular flexibility index (Phi) is 3.05. The van der Waals surface area contributed by atoms with Crippen molar-refractivity contribution in [3.05, 3.63) is 52.1 Å². The minimum atomic E-state index is -0.542. The molecule has 0 atom stereocenters. The van der Waals surface area contributed by atoms with Gasteiger partial charge in [-0.25, -0.2) is 0 Å². The topological polar surface area (TPSA) is 90.9 Å². The van der Waals surface area contributed by atoms with Gasteiger partial charge in [-0.05, 0) is 23.8 Å². The number of aromatic hydroxyl groups is 3. The van der Waals surface area contributed by atoms with Crippen molar-refractivity contribution in [3.8, 4) is 17.2 Å². The summed E-state index contributed by atoms with van der Waals surface area (Å²) in [6.07, 6.45) is 3.98. The second-order valence-corrected chi connectivity index (χ2v) is 3.65. The number of hydrogen-bond donors (Lipinski definition) is 3. The van der Waals surface area contributed by atoms with Crippen LogP contribution in [-0.4, -0.2) is 15.3 Å². The monoisotopic (exact) mass is 246 g/mol. The zero-order valence-corrected chi connectivity index (χ0v) is 9.20. The predicted molar refractivity (Wildman–Crippen MR) is 65.3 cm³/mol. The largest absolute Gasteiger partial charge is 0.508 e. The summed E-state index contributed by atoms with van der Waals surface area (Å²) in [4.78, 5) is 11.1. The van der Waals surface area contributed by atoms with Gasteiger partial charge in [0.25, 0.3) is 0 Å². The van der Waals surface area contributed by atoms with Crippen molar-refractivity contribution in [1.82, 2.24) is 0 Å². The molecular formula is C13H10O5. The van der Waals surface area contributed by atoms with Crippen LogP contribution in [-0.2, 0) is 0 Å². The maximum absolute atomic E-state index is 11.1. The lowest BCUT2D eigenvalue weighted by Gasteiger charge is -1.98. The maximum Gasteiger partial charge on any atom is 0.227 e. The summed E-state index contributed by atoms with van der Waals surface area (Å²) >= 11 is 0. The first-order valence-electron chi connectivity index (χ1n) is 5.07. The summed E-state index contributed by atoms with van der Waals surface area (Å²) < 4.78 is 4.96. The zero-order chi connectivity index (χ0) is 13.1. The van der Waals surface area contributed by atoms with Gasteiger partial charge in [-0.3, -0.25) is 4.79 Å². The average molecular weight is 246 g/mol. The molecule has 0 radical (unpaired) electrons. The van der Waals surface area contributed by atoms with Crippen molar-refractivity contribution in [3.63, 3.8) is 0 Å². The fraction of sp³-hybridized carbons (Fsp3) is 0. The second kappa shape index (κ2) is 4.67. The Morgan fingerprint density at radius 2 is 1.61 bits per heavy atom. The summed E-state index contributed by atoms with van der Waals surface area (Å²) in [6.45, 7) is 0. The van der Waals surface area contributed by atoms with Gasteiger partial charge in [-0.1, -0.05) is 6.08 Å². The summed E-state index contributed by atoms with van der Waals surface area (Å²) in [5, 5.41) is 27.5. The van der Waals surface area contributed by atoms with Crippen LogP contribution < -0.4 is 5.43 Å². The van der Waals surface area contributed by atoms with Crippen LogP contribution >= 0.6 is 0 Å². The average Bonchev–Trinajstić information content (AvgIpc) is 2.29. The molecule has 2 rings (SSSR count). The summed E-state index contributed by atoms with van der Waals surface area (Å²) in [6, 6.07) is 5.22. The molecular weight excluding hydrogens is 236 g/mol. The van der Waals surface area contributed by atoms with E-state index in [2.05, 4.69) is 0 Å². The quantitative estimate of drug-likeness (QED) is 0.753. The van der Waals surface area contributed by atoms with Gasteiger partial charge in [0.1, 0.15) is 23.5 Å². The summed E-state index contributed by atoms with van der Waals surface area (Å²) in [5.74, 6) is -0.341. The third-order valence-corrected chi connectivity index (χ3v) is 2.20.